The third kappa shape index (κ3) is 5.59. The summed E-state index contributed by atoms with van der Waals surface area (Å²) < 4.78 is 39.1. The standard InChI is InChI=1S/C18H25NO7S/c1-4-24-15-7-6-13(10-16(15)25-5-2)18(21)26-11-17(20)19(3)14-8-9-27(22,23)12-14/h6-7,10,14H,4-5,8-9,11-12H2,1-3H3/t14-/m1/s1. The fraction of sp³-hybridized carbons (Fsp3) is 0.556. The Morgan fingerprint density at radius 2 is 1.81 bits per heavy atom. The van der Waals surface area contributed by atoms with Crippen LogP contribution in [0.2, 0.25) is 0 Å². The molecule has 2 rings (SSSR count). The summed E-state index contributed by atoms with van der Waals surface area (Å²) in [6, 6.07) is 4.28. The molecule has 0 radical (unpaired) electrons. The van der Waals surface area contributed by atoms with E-state index >= 15 is 0 Å². The number of hydrogen-bond donors (Lipinski definition) is 0. The predicted octanol–water partition coefficient (Wildman–Crippen LogP) is 1.29. The summed E-state index contributed by atoms with van der Waals surface area (Å²) in [5.74, 6) is -0.148. The molecule has 0 unspecified atom stereocenters. The van der Waals surface area contributed by atoms with E-state index in [1.165, 1.54) is 24.1 Å². The second-order valence-electron chi connectivity index (χ2n) is 6.17. The summed E-state index contributed by atoms with van der Waals surface area (Å²) in [4.78, 5) is 25.8. The molecule has 0 aromatic heterocycles. The van der Waals surface area contributed by atoms with E-state index in [-0.39, 0.29) is 23.1 Å². The maximum absolute atomic E-state index is 12.2. The van der Waals surface area contributed by atoms with E-state index in [4.69, 9.17) is 14.2 Å². The first-order valence-corrected chi connectivity index (χ1v) is 10.6. The Morgan fingerprint density at radius 3 is 2.41 bits per heavy atom. The third-order valence-corrected chi connectivity index (χ3v) is 6.01. The van der Waals surface area contributed by atoms with Gasteiger partial charge >= 0.3 is 5.97 Å². The van der Waals surface area contributed by atoms with Gasteiger partial charge in [0.05, 0.1) is 30.3 Å². The SMILES string of the molecule is CCOc1ccc(C(=O)OCC(=O)N(C)[C@@H]2CCS(=O)(=O)C2)cc1OCC. The average molecular weight is 399 g/mol. The van der Waals surface area contributed by atoms with E-state index in [0.717, 1.165) is 0 Å². The van der Waals surface area contributed by atoms with Crippen LogP contribution in [0.15, 0.2) is 18.2 Å². The number of sulfone groups is 1. The molecule has 1 amide bonds. The molecule has 27 heavy (non-hydrogen) atoms. The normalized spacial score (nSPS) is 18.0. The van der Waals surface area contributed by atoms with Gasteiger partial charge in [-0.25, -0.2) is 13.2 Å². The number of esters is 1. The molecule has 1 atom stereocenters. The minimum absolute atomic E-state index is 0.0558. The van der Waals surface area contributed by atoms with E-state index in [1.54, 1.807) is 6.07 Å². The lowest BCUT2D eigenvalue weighted by molar-refractivity contribution is -0.134. The summed E-state index contributed by atoms with van der Waals surface area (Å²) in [5, 5.41) is 0. The largest absolute Gasteiger partial charge is 0.490 e. The van der Waals surface area contributed by atoms with Gasteiger partial charge in [-0.2, -0.15) is 0 Å². The predicted molar refractivity (Wildman–Crippen MR) is 98.9 cm³/mol. The van der Waals surface area contributed by atoms with Crippen LogP contribution in [0, 0.1) is 0 Å². The van der Waals surface area contributed by atoms with Crippen molar-refractivity contribution in [2.24, 2.45) is 0 Å². The summed E-state index contributed by atoms with van der Waals surface area (Å²) in [6.07, 6.45) is 0.398. The molecule has 0 spiro atoms. The Balaban J connectivity index is 1.96. The molecule has 8 nitrogen and oxygen atoms in total. The van der Waals surface area contributed by atoms with E-state index in [9.17, 15) is 18.0 Å². The lowest BCUT2D eigenvalue weighted by atomic mass is 10.2. The zero-order valence-corrected chi connectivity index (χ0v) is 16.6. The van der Waals surface area contributed by atoms with Crippen molar-refractivity contribution in [1.82, 2.24) is 4.90 Å². The van der Waals surface area contributed by atoms with E-state index in [2.05, 4.69) is 0 Å². The highest BCUT2D eigenvalue weighted by atomic mass is 32.2. The van der Waals surface area contributed by atoms with Crippen molar-refractivity contribution in [2.45, 2.75) is 26.3 Å². The third-order valence-electron chi connectivity index (χ3n) is 4.26. The molecular formula is C18H25NO7S. The molecule has 1 aromatic rings. The van der Waals surface area contributed by atoms with Crippen molar-refractivity contribution in [2.75, 3.05) is 38.4 Å². The number of nitrogens with zero attached hydrogens (tertiary/aromatic N) is 1. The zero-order chi connectivity index (χ0) is 20.0. The Labute approximate surface area is 159 Å². The van der Waals surface area contributed by atoms with Gasteiger partial charge in [-0.05, 0) is 38.5 Å². The monoisotopic (exact) mass is 399 g/mol. The van der Waals surface area contributed by atoms with Crippen LogP contribution in [-0.2, 0) is 19.4 Å². The number of likely N-dealkylation sites (N-methyl/N-ethyl adjacent to an activating group) is 1. The van der Waals surface area contributed by atoms with Crippen LogP contribution in [0.1, 0.15) is 30.6 Å². The van der Waals surface area contributed by atoms with Crippen LogP contribution < -0.4 is 9.47 Å². The lowest BCUT2D eigenvalue weighted by Crippen LogP contribution is -2.40. The highest BCUT2D eigenvalue weighted by molar-refractivity contribution is 7.91. The Morgan fingerprint density at radius 1 is 1.15 bits per heavy atom. The van der Waals surface area contributed by atoms with Gasteiger partial charge < -0.3 is 19.1 Å². The van der Waals surface area contributed by atoms with Crippen LogP contribution in [0.25, 0.3) is 0 Å². The minimum atomic E-state index is -3.09. The molecule has 1 saturated heterocycles. The van der Waals surface area contributed by atoms with Gasteiger partial charge in [-0.15, -0.1) is 0 Å². The fourth-order valence-electron chi connectivity index (χ4n) is 2.77. The van der Waals surface area contributed by atoms with Gasteiger partial charge in [0.1, 0.15) is 0 Å². The topological polar surface area (TPSA) is 99.2 Å². The van der Waals surface area contributed by atoms with Crippen LogP contribution in [0.4, 0.5) is 0 Å². The van der Waals surface area contributed by atoms with Crippen LogP contribution in [0.5, 0.6) is 11.5 Å². The Kier molecular flexibility index (Phi) is 7.06. The molecule has 0 saturated carbocycles. The van der Waals surface area contributed by atoms with Crippen LogP contribution >= 0.6 is 0 Å². The van der Waals surface area contributed by atoms with Gasteiger partial charge in [0.2, 0.25) is 0 Å². The molecule has 0 aliphatic carbocycles. The van der Waals surface area contributed by atoms with Crippen molar-refractivity contribution in [3.63, 3.8) is 0 Å². The number of ether oxygens (including phenoxy) is 3. The number of carbonyl (C=O) groups excluding carboxylic acids is 2. The molecule has 1 aliphatic heterocycles. The van der Waals surface area contributed by atoms with Crippen LogP contribution in [0.3, 0.4) is 0 Å². The summed E-state index contributed by atoms with van der Waals surface area (Å²) >= 11 is 0. The number of amides is 1. The maximum Gasteiger partial charge on any atom is 0.338 e. The quantitative estimate of drug-likeness (QED) is 0.607. The van der Waals surface area contributed by atoms with Gasteiger partial charge in [0.25, 0.3) is 5.91 Å². The minimum Gasteiger partial charge on any atom is -0.490 e. The molecule has 0 N–H and O–H groups in total. The molecule has 9 heteroatoms. The second-order valence-corrected chi connectivity index (χ2v) is 8.39. The summed E-state index contributed by atoms with van der Waals surface area (Å²) in [6.45, 7) is 4.07. The molecule has 1 fully saturated rings. The highest BCUT2D eigenvalue weighted by Gasteiger charge is 2.33. The number of benzene rings is 1. The van der Waals surface area contributed by atoms with Gasteiger partial charge in [0, 0.05) is 13.1 Å². The van der Waals surface area contributed by atoms with E-state index in [0.29, 0.717) is 31.1 Å². The number of carbonyl (C=O) groups is 2. The number of hydrogen-bond acceptors (Lipinski definition) is 7. The van der Waals surface area contributed by atoms with Gasteiger partial charge in [0.15, 0.2) is 27.9 Å². The van der Waals surface area contributed by atoms with Gasteiger partial charge in [-0.3, -0.25) is 4.79 Å². The smallest absolute Gasteiger partial charge is 0.338 e. The molecule has 0 bridgehead atoms. The average Bonchev–Trinajstić information content (AvgIpc) is 3.00. The molecule has 1 aromatic carbocycles. The van der Waals surface area contributed by atoms with Crippen molar-refractivity contribution in [3.8, 4) is 11.5 Å². The first-order valence-electron chi connectivity index (χ1n) is 8.80. The fourth-order valence-corrected chi connectivity index (χ4v) is 4.55. The molecule has 1 heterocycles. The zero-order valence-electron chi connectivity index (χ0n) is 15.8. The number of rotatable bonds is 8. The Hall–Kier alpha value is -2.29. The van der Waals surface area contributed by atoms with Crippen molar-refractivity contribution >= 4 is 21.7 Å². The van der Waals surface area contributed by atoms with Crippen molar-refractivity contribution in [1.29, 1.82) is 0 Å². The second kappa shape index (κ2) is 9.07. The Bertz CT molecular complexity index is 791. The highest BCUT2D eigenvalue weighted by Crippen LogP contribution is 2.28. The first kappa shape index (κ1) is 21.0. The molecule has 1 aliphatic rings. The molecular weight excluding hydrogens is 374 g/mol. The summed E-state index contributed by atoms with van der Waals surface area (Å²) in [7, 11) is -1.58. The summed E-state index contributed by atoms with van der Waals surface area (Å²) in [5.41, 5.74) is 0.237. The van der Waals surface area contributed by atoms with Crippen molar-refractivity contribution in [3.05, 3.63) is 23.8 Å². The maximum atomic E-state index is 12.2. The van der Waals surface area contributed by atoms with Gasteiger partial charge in [-0.1, -0.05) is 0 Å². The van der Waals surface area contributed by atoms with Crippen LogP contribution in [-0.4, -0.2) is 69.6 Å². The van der Waals surface area contributed by atoms with Crippen molar-refractivity contribution < 1.29 is 32.2 Å². The first-order chi connectivity index (χ1) is 12.8. The van der Waals surface area contributed by atoms with E-state index < -0.39 is 28.3 Å². The lowest BCUT2D eigenvalue weighted by Gasteiger charge is -2.23. The van der Waals surface area contributed by atoms with E-state index in [1.807, 2.05) is 13.8 Å². The molecule has 150 valence electrons.